The molecule has 0 aliphatic carbocycles. The highest BCUT2D eigenvalue weighted by Crippen LogP contribution is 2.01. The number of ether oxygens (including phenoxy) is 1. The van der Waals surface area contributed by atoms with E-state index in [1.807, 2.05) is 13.0 Å². The molecule has 0 spiro atoms. The number of furan rings is 1. The first kappa shape index (κ1) is 15.7. The normalized spacial score (nSPS) is 12.3. The van der Waals surface area contributed by atoms with Crippen LogP contribution in [0.4, 0.5) is 0 Å². The van der Waals surface area contributed by atoms with Crippen LogP contribution in [0.5, 0.6) is 0 Å². The highest BCUT2D eigenvalue weighted by atomic mass is 16.5. The lowest BCUT2D eigenvalue weighted by Crippen LogP contribution is -2.33. The molecule has 0 saturated heterocycles. The van der Waals surface area contributed by atoms with Gasteiger partial charge in [0.25, 0.3) is 0 Å². The zero-order valence-electron chi connectivity index (χ0n) is 11.2. The Bertz CT molecular complexity index is 340. The van der Waals surface area contributed by atoms with Gasteiger partial charge >= 0.3 is 0 Å². The summed E-state index contributed by atoms with van der Waals surface area (Å²) in [6.07, 6.45) is 1.40. The number of rotatable bonds is 10. The second-order valence-electron chi connectivity index (χ2n) is 4.16. The van der Waals surface area contributed by atoms with Crippen LogP contribution >= 0.6 is 0 Å². The van der Waals surface area contributed by atoms with Gasteiger partial charge in [-0.1, -0.05) is 0 Å². The predicted octanol–water partition coefficient (Wildman–Crippen LogP) is 0.273. The minimum atomic E-state index is -0.593. The second-order valence-corrected chi connectivity index (χ2v) is 4.16. The highest BCUT2D eigenvalue weighted by molar-refractivity contribution is 5.75. The standard InChI is InChI=1S/C13H22N2O4/c1-2-15-13(17)5-6-14-8-11(16)9-18-10-12-4-3-7-19-12/h3-4,7,11,14,16H,2,5-6,8-10H2,1H3,(H,15,17). The first-order valence-electron chi connectivity index (χ1n) is 6.48. The SMILES string of the molecule is CCNC(=O)CCNCC(O)COCc1ccco1. The Kier molecular flexibility index (Phi) is 7.88. The number of amides is 1. The largest absolute Gasteiger partial charge is 0.467 e. The van der Waals surface area contributed by atoms with E-state index in [1.54, 1.807) is 12.3 Å². The summed E-state index contributed by atoms with van der Waals surface area (Å²) in [5.74, 6) is 0.745. The third-order valence-corrected chi connectivity index (χ3v) is 2.42. The van der Waals surface area contributed by atoms with Crippen LogP contribution in [-0.4, -0.2) is 43.4 Å². The lowest BCUT2D eigenvalue weighted by atomic mass is 10.3. The number of carbonyl (C=O) groups excluding carboxylic acids is 1. The summed E-state index contributed by atoms with van der Waals surface area (Å²) < 4.78 is 10.4. The zero-order chi connectivity index (χ0) is 13.9. The van der Waals surface area contributed by atoms with E-state index in [9.17, 15) is 9.90 Å². The van der Waals surface area contributed by atoms with Gasteiger partial charge < -0.3 is 24.9 Å². The number of hydrogen-bond acceptors (Lipinski definition) is 5. The van der Waals surface area contributed by atoms with Crippen LogP contribution in [-0.2, 0) is 16.1 Å². The molecule has 1 rings (SSSR count). The minimum Gasteiger partial charge on any atom is -0.467 e. The smallest absolute Gasteiger partial charge is 0.221 e. The fraction of sp³-hybridized carbons (Fsp3) is 0.615. The van der Waals surface area contributed by atoms with Crippen LogP contribution in [0.25, 0.3) is 0 Å². The summed E-state index contributed by atoms with van der Waals surface area (Å²) in [4.78, 5) is 11.1. The summed E-state index contributed by atoms with van der Waals surface area (Å²) in [6.45, 7) is 4.05. The summed E-state index contributed by atoms with van der Waals surface area (Å²) >= 11 is 0. The molecule has 1 heterocycles. The molecule has 0 aliphatic heterocycles. The van der Waals surface area contributed by atoms with Gasteiger partial charge in [0, 0.05) is 26.1 Å². The fourth-order valence-corrected chi connectivity index (χ4v) is 1.51. The molecule has 6 nitrogen and oxygen atoms in total. The Hall–Kier alpha value is -1.37. The van der Waals surface area contributed by atoms with Gasteiger partial charge in [-0.3, -0.25) is 4.79 Å². The van der Waals surface area contributed by atoms with Gasteiger partial charge in [-0.2, -0.15) is 0 Å². The molecule has 0 fully saturated rings. The van der Waals surface area contributed by atoms with Gasteiger partial charge in [0.15, 0.2) is 0 Å². The average Bonchev–Trinajstić information content (AvgIpc) is 2.88. The van der Waals surface area contributed by atoms with Crippen LogP contribution in [0.1, 0.15) is 19.1 Å². The Morgan fingerprint density at radius 2 is 2.42 bits per heavy atom. The van der Waals surface area contributed by atoms with Crippen molar-refractivity contribution in [3.63, 3.8) is 0 Å². The first-order chi connectivity index (χ1) is 9.22. The van der Waals surface area contributed by atoms with Crippen molar-refractivity contribution in [3.8, 4) is 0 Å². The molecule has 0 radical (unpaired) electrons. The van der Waals surface area contributed by atoms with Gasteiger partial charge in [0.1, 0.15) is 12.4 Å². The fourth-order valence-electron chi connectivity index (χ4n) is 1.51. The zero-order valence-corrected chi connectivity index (χ0v) is 11.2. The van der Waals surface area contributed by atoms with E-state index in [2.05, 4.69) is 10.6 Å². The van der Waals surface area contributed by atoms with E-state index in [4.69, 9.17) is 9.15 Å². The van der Waals surface area contributed by atoms with E-state index in [1.165, 1.54) is 0 Å². The van der Waals surface area contributed by atoms with E-state index < -0.39 is 6.10 Å². The molecule has 1 atom stereocenters. The van der Waals surface area contributed by atoms with Gasteiger partial charge in [-0.25, -0.2) is 0 Å². The molecular weight excluding hydrogens is 248 g/mol. The van der Waals surface area contributed by atoms with Crippen LogP contribution in [0.15, 0.2) is 22.8 Å². The maximum Gasteiger partial charge on any atom is 0.221 e. The van der Waals surface area contributed by atoms with Gasteiger partial charge in [0.05, 0.1) is 19.0 Å². The Labute approximate surface area is 113 Å². The molecule has 1 aromatic rings. The van der Waals surface area contributed by atoms with E-state index >= 15 is 0 Å². The third-order valence-electron chi connectivity index (χ3n) is 2.42. The summed E-state index contributed by atoms with van der Waals surface area (Å²) in [5, 5.41) is 15.3. The topological polar surface area (TPSA) is 83.7 Å². The number of carbonyl (C=O) groups is 1. The maximum absolute atomic E-state index is 11.1. The summed E-state index contributed by atoms with van der Waals surface area (Å²) in [7, 11) is 0. The third kappa shape index (κ3) is 7.61. The van der Waals surface area contributed by atoms with E-state index in [0.717, 1.165) is 5.76 Å². The highest BCUT2D eigenvalue weighted by Gasteiger charge is 2.05. The van der Waals surface area contributed by atoms with Crippen LogP contribution in [0.3, 0.4) is 0 Å². The van der Waals surface area contributed by atoms with Crippen molar-refractivity contribution >= 4 is 5.91 Å². The number of hydrogen-bond donors (Lipinski definition) is 3. The lowest BCUT2D eigenvalue weighted by Gasteiger charge is -2.11. The Morgan fingerprint density at radius 1 is 1.58 bits per heavy atom. The molecule has 1 unspecified atom stereocenters. The van der Waals surface area contributed by atoms with Gasteiger partial charge in [-0.15, -0.1) is 0 Å². The second kappa shape index (κ2) is 9.55. The maximum atomic E-state index is 11.1. The van der Waals surface area contributed by atoms with Crippen molar-refractivity contribution in [2.45, 2.75) is 26.1 Å². The van der Waals surface area contributed by atoms with Crippen molar-refractivity contribution in [1.29, 1.82) is 0 Å². The summed E-state index contributed by atoms with van der Waals surface area (Å²) in [5.41, 5.74) is 0. The molecule has 0 saturated carbocycles. The lowest BCUT2D eigenvalue weighted by molar-refractivity contribution is -0.120. The van der Waals surface area contributed by atoms with Crippen molar-refractivity contribution in [3.05, 3.63) is 24.2 Å². The molecule has 0 bridgehead atoms. The molecule has 1 amide bonds. The number of aliphatic hydroxyl groups excluding tert-OH is 1. The Balaban J connectivity index is 1.96. The van der Waals surface area contributed by atoms with E-state index in [0.29, 0.717) is 32.7 Å². The molecule has 6 heteroatoms. The molecule has 108 valence electrons. The monoisotopic (exact) mass is 270 g/mol. The van der Waals surface area contributed by atoms with Crippen LogP contribution in [0, 0.1) is 0 Å². The van der Waals surface area contributed by atoms with Crippen molar-refractivity contribution < 1.29 is 19.1 Å². The number of nitrogens with one attached hydrogen (secondary N) is 2. The molecular formula is C13H22N2O4. The molecule has 0 aliphatic rings. The summed E-state index contributed by atoms with van der Waals surface area (Å²) in [6, 6.07) is 3.61. The van der Waals surface area contributed by atoms with Crippen molar-refractivity contribution in [2.24, 2.45) is 0 Å². The molecule has 0 aromatic carbocycles. The van der Waals surface area contributed by atoms with Crippen molar-refractivity contribution in [1.82, 2.24) is 10.6 Å². The minimum absolute atomic E-state index is 0.0126. The molecule has 1 aromatic heterocycles. The first-order valence-corrected chi connectivity index (χ1v) is 6.48. The molecule has 3 N–H and O–H groups in total. The predicted molar refractivity (Wildman–Crippen MR) is 70.5 cm³/mol. The van der Waals surface area contributed by atoms with Crippen LogP contribution in [0.2, 0.25) is 0 Å². The number of aliphatic hydroxyl groups is 1. The van der Waals surface area contributed by atoms with Gasteiger partial charge in [-0.05, 0) is 19.1 Å². The van der Waals surface area contributed by atoms with Gasteiger partial charge in [0.2, 0.25) is 5.91 Å². The average molecular weight is 270 g/mol. The quantitative estimate of drug-likeness (QED) is 0.532. The van der Waals surface area contributed by atoms with Crippen molar-refractivity contribution in [2.75, 3.05) is 26.2 Å². The van der Waals surface area contributed by atoms with E-state index in [-0.39, 0.29) is 12.5 Å². The Morgan fingerprint density at radius 3 is 3.11 bits per heavy atom. The molecule has 19 heavy (non-hydrogen) atoms. The van der Waals surface area contributed by atoms with Crippen LogP contribution < -0.4 is 10.6 Å².